The number of rotatable bonds is 5. The van der Waals surface area contributed by atoms with Crippen molar-refractivity contribution >= 4 is 5.91 Å². The van der Waals surface area contributed by atoms with E-state index in [1.54, 1.807) is 0 Å². The van der Waals surface area contributed by atoms with Crippen molar-refractivity contribution in [3.63, 3.8) is 0 Å². The largest absolute Gasteiger partial charge is 0.371 e. The second-order valence-electron chi connectivity index (χ2n) is 5.51. The Morgan fingerprint density at radius 3 is 2.85 bits per heavy atom. The van der Waals surface area contributed by atoms with Gasteiger partial charge in [0.25, 0.3) is 0 Å². The highest BCUT2D eigenvalue weighted by Gasteiger charge is 2.26. The molecule has 0 unspecified atom stereocenters. The Kier molecular flexibility index (Phi) is 5.56. The highest BCUT2D eigenvalue weighted by Crippen LogP contribution is 2.15. The predicted octanol–water partition coefficient (Wildman–Crippen LogP) is 1.58. The van der Waals surface area contributed by atoms with Crippen LogP contribution in [0, 0.1) is 0 Å². The average molecular weight is 276 g/mol. The Bertz CT molecular complexity index is 422. The molecule has 20 heavy (non-hydrogen) atoms. The third-order valence-electron chi connectivity index (χ3n) is 3.84. The van der Waals surface area contributed by atoms with Crippen molar-refractivity contribution in [1.29, 1.82) is 0 Å². The molecule has 4 heteroatoms. The van der Waals surface area contributed by atoms with Crippen LogP contribution in [-0.4, -0.2) is 42.6 Å². The van der Waals surface area contributed by atoms with Crippen LogP contribution >= 0.6 is 0 Å². The number of carbonyl (C=O) groups is 1. The van der Waals surface area contributed by atoms with Crippen LogP contribution in [-0.2, 0) is 16.0 Å². The number of likely N-dealkylation sites (tertiary alicyclic amines) is 1. The van der Waals surface area contributed by atoms with Gasteiger partial charge in [-0.3, -0.25) is 4.79 Å². The van der Waals surface area contributed by atoms with Crippen LogP contribution in [0.3, 0.4) is 0 Å². The molecule has 2 atom stereocenters. The summed E-state index contributed by atoms with van der Waals surface area (Å²) < 4.78 is 5.51. The predicted molar refractivity (Wildman–Crippen MR) is 79.3 cm³/mol. The number of benzene rings is 1. The first-order chi connectivity index (χ1) is 9.66. The fraction of sp³-hybridized carbons (Fsp3) is 0.562. The Hall–Kier alpha value is -1.39. The standard InChI is InChI=1S/C16H24N2O2/c1-13-11-15(17)7-9-18(13)16(19)12-20-10-8-14-5-3-2-4-6-14/h2-6,13,15H,7-12,17H2,1H3/t13-,15+/m0/s1. The van der Waals surface area contributed by atoms with Crippen molar-refractivity contribution in [3.05, 3.63) is 35.9 Å². The maximum absolute atomic E-state index is 12.1. The lowest BCUT2D eigenvalue weighted by Gasteiger charge is -2.36. The lowest BCUT2D eigenvalue weighted by Crippen LogP contribution is -2.49. The summed E-state index contributed by atoms with van der Waals surface area (Å²) in [7, 11) is 0. The summed E-state index contributed by atoms with van der Waals surface area (Å²) in [5.74, 6) is 0.0810. The van der Waals surface area contributed by atoms with E-state index in [-0.39, 0.29) is 24.6 Å². The first-order valence-corrected chi connectivity index (χ1v) is 7.33. The second kappa shape index (κ2) is 7.41. The molecular formula is C16H24N2O2. The third kappa shape index (κ3) is 4.32. The fourth-order valence-electron chi connectivity index (χ4n) is 2.66. The molecule has 1 aromatic rings. The summed E-state index contributed by atoms with van der Waals surface area (Å²) in [5, 5.41) is 0. The molecule has 0 saturated carbocycles. The Morgan fingerprint density at radius 1 is 1.40 bits per heavy atom. The van der Waals surface area contributed by atoms with Crippen LogP contribution in [0.2, 0.25) is 0 Å². The van der Waals surface area contributed by atoms with Crippen molar-refractivity contribution < 1.29 is 9.53 Å². The van der Waals surface area contributed by atoms with Crippen LogP contribution in [0.5, 0.6) is 0 Å². The lowest BCUT2D eigenvalue weighted by atomic mass is 9.99. The summed E-state index contributed by atoms with van der Waals surface area (Å²) in [5.41, 5.74) is 7.14. The number of nitrogens with two attached hydrogens (primary N) is 1. The fourth-order valence-corrected chi connectivity index (χ4v) is 2.66. The maximum atomic E-state index is 12.1. The highest BCUT2D eigenvalue weighted by molar-refractivity contribution is 5.77. The molecule has 1 aliphatic rings. The molecule has 1 fully saturated rings. The molecule has 2 rings (SSSR count). The molecule has 1 aromatic carbocycles. The molecule has 1 heterocycles. The van der Waals surface area contributed by atoms with E-state index in [4.69, 9.17) is 10.5 Å². The quantitative estimate of drug-likeness (QED) is 0.831. The molecule has 2 N–H and O–H groups in total. The summed E-state index contributed by atoms with van der Waals surface area (Å²) in [6.45, 7) is 3.56. The van der Waals surface area contributed by atoms with Crippen molar-refractivity contribution in [2.45, 2.75) is 38.3 Å². The molecular weight excluding hydrogens is 252 g/mol. The minimum absolute atomic E-state index is 0.0810. The van der Waals surface area contributed by atoms with Gasteiger partial charge < -0.3 is 15.4 Å². The molecule has 0 bridgehead atoms. The number of piperidine rings is 1. The molecule has 0 aromatic heterocycles. The Balaban J connectivity index is 1.67. The number of hydrogen-bond acceptors (Lipinski definition) is 3. The van der Waals surface area contributed by atoms with Crippen molar-refractivity contribution in [3.8, 4) is 0 Å². The van der Waals surface area contributed by atoms with Gasteiger partial charge in [0.1, 0.15) is 6.61 Å². The minimum atomic E-state index is 0.0810. The summed E-state index contributed by atoms with van der Waals surface area (Å²) in [6.07, 6.45) is 2.62. The van der Waals surface area contributed by atoms with E-state index in [0.29, 0.717) is 6.61 Å². The second-order valence-corrected chi connectivity index (χ2v) is 5.51. The van der Waals surface area contributed by atoms with Crippen LogP contribution in [0.25, 0.3) is 0 Å². The van der Waals surface area contributed by atoms with E-state index in [1.165, 1.54) is 5.56 Å². The van der Waals surface area contributed by atoms with Crippen molar-refractivity contribution in [2.24, 2.45) is 5.73 Å². The highest BCUT2D eigenvalue weighted by atomic mass is 16.5. The smallest absolute Gasteiger partial charge is 0.248 e. The van der Waals surface area contributed by atoms with Gasteiger partial charge in [0.15, 0.2) is 0 Å². The van der Waals surface area contributed by atoms with Crippen molar-refractivity contribution in [1.82, 2.24) is 4.90 Å². The van der Waals surface area contributed by atoms with Gasteiger partial charge >= 0.3 is 0 Å². The Morgan fingerprint density at radius 2 is 2.15 bits per heavy atom. The minimum Gasteiger partial charge on any atom is -0.371 e. The van der Waals surface area contributed by atoms with Gasteiger partial charge in [0, 0.05) is 18.6 Å². The van der Waals surface area contributed by atoms with E-state index in [9.17, 15) is 4.79 Å². The third-order valence-corrected chi connectivity index (χ3v) is 3.84. The van der Waals surface area contributed by atoms with Gasteiger partial charge in [-0.05, 0) is 31.7 Å². The molecule has 0 spiro atoms. The van der Waals surface area contributed by atoms with E-state index in [2.05, 4.69) is 19.1 Å². The normalized spacial score (nSPS) is 22.8. The molecule has 0 aliphatic carbocycles. The van der Waals surface area contributed by atoms with Crippen LogP contribution in [0.1, 0.15) is 25.3 Å². The van der Waals surface area contributed by atoms with E-state index in [1.807, 2.05) is 23.1 Å². The van der Waals surface area contributed by atoms with E-state index < -0.39 is 0 Å². The topological polar surface area (TPSA) is 55.6 Å². The van der Waals surface area contributed by atoms with Gasteiger partial charge in [0.2, 0.25) is 5.91 Å². The number of ether oxygens (including phenoxy) is 1. The average Bonchev–Trinajstić information content (AvgIpc) is 2.44. The van der Waals surface area contributed by atoms with Gasteiger partial charge in [-0.25, -0.2) is 0 Å². The monoisotopic (exact) mass is 276 g/mol. The molecule has 110 valence electrons. The molecule has 1 saturated heterocycles. The van der Waals surface area contributed by atoms with Crippen molar-refractivity contribution in [2.75, 3.05) is 19.8 Å². The maximum Gasteiger partial charge on any atom is 0.248 e. The van der Waals surface area contributed by atoms with E-state index >= 15 is 0 Å². The van der Waals surface area contributed by atoms with E-state index in [0.717, 1.165) is 25.8 Å². The Labute approximate surface area is 120 Å². The SMILES string of the molecule is C[C@H]1C[C@H](N)CCN1C(=O)COCCc1ccccc1. The van der Waals surface area contributed by atoms with Gasteiger partial charge in [-0.15, -0.1) is 0 Å². The summed E-state index contributed by atoms with van der Waals surface area (Å²) >= 11 is 0. The van der Waals surface area contributed by atoms with Gasteiger partial charge in [-0.2, -0.15) is 0 Å². The zero-order valence-electron chi connectivity index (χ0n) is 12.1. The number of hydrogen-bond donors (Lipinski definition) is 1. The summed E-state index contributed by atoms with van der Waals surface area (Å²) in [4.78, 5) is 14.0. The first kappa shape index (κ1) is 15.0. The number of carbonyl (C=O) groups excluding carboxylic acids is 1. The van der Waals surface area contributed by atoms with Crippen LogP contribution in [0.15, 0.2) is 30.3 Å². The van der Waals surface area contributed by atoms with Gasteiger partial charge in [-0.1, -0.05) is 30.3 Å². The lowest BCUT2D eigenvalue weighted by molar-refractivity contribution is -0.139. The zero-order chi connectivity index (χ0) is 14.4. The molecule has 0 radical (unpaired) electrons. The molecule has 4 nitrogen and oxygen atoms in total. The van der Waals surface area contributed by atoms with Crippen LogP contribution in [0.4, 0.5) is 0 Å². The summed E-state index contributed by atoms with van der Waals surface area (Å²) in [6, 6.07) is 10.6. The van der Waals surface area contributed by atoms with Gasteiger partial charge in [0.05, 0.1) is 6.61 Å². The zero-order valence-corrected chi connectivity index (χ0v) is 12.1. The first-order valence-electron chi connectivity index (χ1n) is 7.33. The number of amides is 1. The molecule has 1 aliphatic heterocycles. The molecule has 1 amide bonds. The van der Waals surface area contributed by atoms with Crippen LogP contribution < -0.4 is 5.73 Å². The number of nitrogens with zero attached hydrogens (tertiary/aromatic N) is 1.